The van der Waals surface area contributed by atoms with Gasteiger partial charge in [-0.15, -0.1) is 11.6 Å². The largest absolute Gasteiger partial charge is 0.378 e. The average Bonchev–Trinajstić information content (AvgIpc) is 2.83. The Hall–Kier alpha value is -1.13. The number of ether oxygens (including phenoxy) is 1. The first-order valence-electron chi connectivity index (χ1n) is 7.28. The number of rotatable bonds is 4. The molecule has 1 unspecified atom stereocenters. The van der Waals surface area contributed by atoms with E-state index in [1.54, 1.807) is 0 Å². The first kappa shape index (κ1) is 13.8. The molecule has 3 rings (SSSR count). The maximum atomic E-state index is 6.02. The third-order valence-electron chi connectivity index (χ3n) is 3.88. The van der Waals surface area contributed by atoms with Crippen molar-refractivity contribution in [2.45, 2.75) is 51.1 Å². The number of aryl methyl sites for hydroxylation is 2. The lowest BCUT2D eigenvalue weighted by Gasteiger charge is -2.22. The maximum absolute atomic E-state index is 6.02. The number of imidazole rings is 1. The van der Waals surface area contributed by atoms with E-state index in [2.05, 4.69) is 14.5 Å². The molecule has 1 aliphatic rings. The second-order valence-corrected chi connectivity index (χ2v) is 5.65. The van der Waals surface area contributed by atoms with Crippen molar-refractivity contribution in [3.05, 3.63) is 23.7 Å². The van der Waals surface area contributed by atoms with Crippen LogP contribution < -0.4 is 0 Å². The lowest BCUT2D eigenvalue weighted by molar-refractivity contribution is 0.00887. The number of fused-ring (bicyclic) bond motifs is 1. The smallest absolute Gasteiger partial charge is 0.160 e. The van der Waals surface area contributed by atoms with E-state index < -0.39 is 0 Å². The lowest BCUT2D eigenvalue weighted by atomic mass is 10.1. The Morgan fingerprint density at radius 1 is 1.35 bits per heavy atom. The van der Waals surface area contributed by atoms with Crippen LogP contribution in [-0.4, -0.2) is 27.2 Å². The van der Waals surface area contributed by atoms with Crippen molar-refractivity contribution in [1.29, 1.82) is 0 Å². The van der Waals surface area contributed by atoms with Crippen molar-refractivity contribution in [2.24, 2.45) is 0 Å². The van der Waals surface area contributed by atoms with E-state index in [1.807, 2.05) is 19.1 Å². The maximum Gasteiger partial charge on any atom is 0.160 e. The minimum atomic E-state index is 0.370. The molecular weight excluding hydrogens is 274 g/mol. The van der Waals surface area contributed by atoms with Gasteiger partial charge in [0.05, 0.1) is 12.0 Å². The fourth-order valence-corrected chi connectivity index (χ4v) is 2.99. The van der Waals surface area contributed by atoms with Gasteiger partial charge in [-0.2, -0.15) is 0 Å². The number of aromatic nitrogens is 3. The second-order valence-electron chi connectivity index (χ2n) is 5.39. The molecule has 0 radical (unpaired) electrons. The summed E-state index contributed by atoms with van der Waals surface area (Å²) >= 11 is 6.02. The van der Waals surface area contributed by atoms with Crippen LogP contribution in [0.2, 0.25) is 0 Å². The molecule has 1 fully saturated rings. The van der Waals surface area contributed by atoms with Gasteiger partial charge in [0, 0.05) is 18.8 Å². The summed E-state index contributed by atoms with van der Waals surface area (Å²) in [6.07, 6.45) is 5.00. The van der Waals surface area contributed by atoms with Crippen LogP contribution >= 0.6 is 11.6 Å². The SMILES string of the molecule is Cc1ccc2nc(CCl)n(CCC3CCCCO3)c2n1. The number of halogens is 1. The Kier molecular flexibility index (Phi) is 4.22. The van der Waals surface area contributed by atoms with E-state index in [0.29, 0.717) is 12.0 Å². The Labute approximate surface area is 124 Å². The highest BCUT2D eigenvalue weighted by Crippen LogP contribution is 2.20. The fourth-order valence-electron chi connectivity index (χ4n) is 2.79. The molecule has 0 bridgehead atoms. The highest BCUT2D eigenvalue weighted by molar-refractivity contribution is 6.16. The Balaban J connectivity index is 1.83. The van der Waals surface area contributed by atoms with Crippen molar-refractivity contribution in [2.75, 3.05) is 6.61 Å². The van der Waals surface area contributed by atoms with Crippen molar-refractivity contribution in [3.63, 3.8) is 0 Å². The van der Waals surface area contributed by atoms with Crippen LogP contribution in [0.3, 0.4) is 0 Å². The fraction of sp³-hybridized carbons (Fsp3) is 0.600. The molecule has 3 heterocycles. The quantitative estimate of drug-likeness (QED) is 0.811. The summed E-state index contributed by atoms with van der Waals surface area (Å²) in [5.74, 6) is 1.32. The highest BCUT2D eigenvalue weighted by atomic mass is 35.5. The number of hydrogen-bond donors (Lipinski definition) is 0. The molecule has 108 valence electrons. The van der Waals surface area contributed by atoms with Gasteiger partial charge in [-0.1, -0.05) is 0 Å². The van der Waals surface area contributed by atoms with E-state index in [4.69, 9.17) is 16.3 Å². The van der Waals surface area contributed by atoms with Gasteiger partial charge in [-0.25, -0.2) is 9.97 Å². The standard InChI is InChI=1S/C15H20ClN3O/c1-11-5-6-13-15(17-11)19(14(10-16)18-13)8-7-12-4-2-3-9-20-12/h5-6,12H,2-4,7-10H2,1H3. The zero-order valence-electron chi connectivity index (χ0n) is 11.8. The molecule has 20 heavy (non-hydrogen) atoms. The van der Waals surface area contributed by atoms with Crippen LogP contribution in [-0.2, 0) is 17.2 Å². The zero-order valence-corrected chi connectivity index (χ0v) is 12.6. The Bertz CT molecular complexity index is 590. The molecule has 1 aliphatic heterocycles. The molecule has 4 nitrogen and oxygen atoms in total. The summed E-state index contributed by atoms with van der Waals surface area (Å²) in [5.41, 5.74) is 2.88. The van der Waals surface area contributed by atoms with Gasteiger partial charge in [0.2, 0.25) is 0 Å². The Morgan fingerprint density at radius 3 is 3.00 bits per heavy atom. The van der Waals surface area contributed by atoms with Crippen molar-refractivity contribution < 1.29 is 4.74 Å². The van der Waals surface area contributed by atoms with Gasteiger partial charge in [0.1, 0.15) is 11.3 Å². The summed E-state index contributed by atoms with van der Waals surface area (Å²) < 4.78 is 7.94. The van der Waals surface area contributed by atoms with Crippen molar-refractivity contribution in [1.82, 2.24) is 14.5 Å². The zero-order chi connectivity index (χ0) is 13.9. The summed E-state index contributed by atoms with van der Waals surface area (Å²) in [6.45, 7) is 3.77. The molecule has 1 atom stereocenters. The van der Waals surface area contributed by atoms with E-state index in [1.165, 1.54) is 12.8 Å². The normalized spacial score (nSPS) is 19.6. The highest BCUT2D eigenvalue weighted by Gasteiger charge is 2.16. The minimum Gasteiger partial charge on any atom is -0.378 e. The van der Waals surface area contributed by atoms with Gasteiger partial charge in [-0.05, 0) is 44.7 Å². The van der Waals surface area contributed by atoms with Crippen molar-refractivity contribution >= 4 is 22.8 Å². The first-order valence-corrected chi connectivity index (χ1v) is 7.81. The van der Waals surface area contributed by atoms with Crippen LogP contribution in [0.5, 0.6) is 0 Å². The lowest BCUT2D eigenvalue weighted by Crippen LogP contribution is -2.21. The monoisotopic (exact) mass is 293 g/mol. The first-order chi connectivity index (χ1) is 9.78. The summed E-state index contributed by atoms with van der Waals surface area (Å²) in [7, 11) is 0. The number of hydrogen-bond acceptors (Lipinski definition) is 3. The van der Waals surface area contributed by atoms with E-state index >= 15 is 0 Å². The molecular formula is C15H20ClN3O. The molecule has 2 aromatic heterocycles. The van der Waals surface area contributed by atoms with Crippen molar-refractivity contribution in [3.8, 4) is 0 Å². The van der Waals surface area contributed by atoms with Gasteiger partial charge in [0.25, 0.3) is 0 Å². The summed E-state index contributed by atoms with van der Waals surface area (Å²) in [4.78, 5) is 9.17. The molecule has 0 spiro atoms. The molecule has 1 saturated heterocycles. The predicted octanol–water partition coefficient (Wildman–Crippen LogP) is 3.44. The molecule has 5 heteroatoms. The van der Waals surface area contributed by atoms with Crippen LogP contribution in [0.4, 0.5) is 0 Å². The van der Waals surface area contributed by atoms with E-state index in [9.17, 15) is 0 Å². The van der Waals surface area contributed by atoms with Crippen LogP contribution in [0.15, 0.2) is 12.1 Å². The molecule has 0 saturated carbocycles. The van der Waals surface area contributed by atoms with Crippen LogP contribution in [0, 0.1) is 6.92 Å². The number of pyridine rings is 1. The summed E-state index contributed by atoms with van der Waals surface area (Å²) in [5, 5.41) is 0. The number of alkyl halides is 1. The topological polar surface area (TPSA) is 39.9 Å². The van der Waals surface area contributed by atoms with Gasteiger partial charge >= 0.3 is 0 Å². The third kappa shape index (κ3) is 2.81. The van der Waals surface area contributed by atoms with Gasteiger partial charge in [0.15, 0.2) is 5.65 Å². The molecule has 0 aromatic carbocycles. The van der Waals surface area contributed by atoms with Crippen LogP contribution in [0.25, 0.3) is 11.2 Å². The van der Waals surface area contributed by atoms with Gasteiger partial charge in [-0.3, -0.25) is 0 Å². The Morgan fingerprint density at radius 2 is 2.25 bits per heavy atom. The molecule has 0 aliphatic carbocycles. The molecule has 2 aromatic rings. The van der Waals surface area contributed by atoms with E-state index in [-0.39, 0.29) is 0 Å². The third-order valence-corrected chi connectivity index (χ3v) is 4.12. The minimum absolute atomic E-state index is 0.370. The molecule has 0 amide bonds. The van der Waals surface area contributed by atoms with Crippen LogP contribution in [0.1, 0.15) is 37.2 Å². The second kappa shape index (κ2) is 6.10. The van der Waals surface area contributed by atoms with E-state index in [0.717, 1.165) is 48.7 Å². The molecule has 0 N–H and O–H groups in total. The predicted molar refractivity (Wildman–Crippen MR) is 80.0 cm³/mol. The average molecular weight is 294 g/mol. The number of nitrogens with zero attached hydrogens (tertiary/aromatic N) is 3. The summed E-state index contributed by atoms with van der Waals surface area (Å²) in [6, 6.07) is 4.00. The van der Waals surface area contributed by atoms with Gasteiger partial charge < -0.3 is 9.30 Å².